The topological polar surface area (TPSA) is 78.9 Å². The summed E-state index contributed by atoms with van der Waals surface area (Å²) in [6.45, 7) is 6.26. The lowest BCUT2D eigenvalue weighted by Crippen LogP contribution is -2.45. The van der Waals surface area contributed by atoms with Crippen LogP contribution < -0.4 is 5.32 Å². The molecule has 2 N–H and O–H groups in total. The molecule has 0 radical (unpaired) electrons. The predicted octanol–water partition coefficient (Wildman–Crippen LogP) is 0.526. The van der Waals surface area contributed by atoms with Gasteiger partial charge in [0.25, 0.3) is 0 Å². The minimum atomic E-state index is -0.893. The van der Waals surface area contributed by atoms with Crippen molar-refractivity contribution in [2.45, 2.75) is 32.4 Å². The Morgan fingerprint density at radius 1 is 1.35 bits per heavy atom. The molecule has 6 heteroatoms. The molecule has 0 aromatic rings. The molecule has 0 aliphatic carbocycles. The summed E-state index contributed by atoms with van der Waals surface area (Å²) in [6.07, 6.45) is -0.566. The van der Waals surface area contributed by atoms with E-state index in [1.807, 2.05) is 11.9 Å². The van der Waals surface area contributed by atoms with Crippen LogP contribution in [0.5, 0.6) is 0 Å². The van der Waals surface area contributed by atoms with E-state index in [0.717, 1.165) is 0 Å². The number of rotatable bonds is 2. The van der Waals surface area contributed by atoms with Gasteiger partial charge in [-0.05, 0) is 27.8 Å². The number of nitrogens with zero attached hydrogens (tertiary/aromatic N) is 1. The Labute approximate surface area is 101 Å². The molecule has 1 heterocycles. The monoisotopic (exact) mass is 244 g/mol. The van der Waals surface area contributed by atoms with E-state index in [-0.39, 0.29) is 0 Å². The van der Waals surface area contributed by atoms with Crippen molar-refractivity contribution in [3.63, 3.8) is 0 Å². The minimum absolute atomic E-state index is 0.396. The number of likely N-dealkylation sites (tertiary alicyclic amines) is 1. The normalized spacial score (nSPS) is 25.6. The van der Waals surface area contributed by atoms with Crippen LogP contribution in [0.1, 0.15) is 20.8 Å². The molecule has 1 saturated heterocycles. The van der Waals surface area contributed by atoms with Crippen molar-refractivity contribution in [1.29, 1.82) is 0 Å². The molecular formula is C11H20N2O4. The van der Waals surface area contributed by atoms with E-state index in [1.54, 1.807) is 20.8 Å². The van der Waals surface area contributed by atoms with Crippen LogP contribution in [0.2, 0.25) is 0 Å². The van der Waals surface area contributed by atoms with Gasteiger partial charge in [0.2, 0.25) is 0 Å². The number of carboxylic acid groups (broad SMARTS) is 1. The molecular weight excluding hydrogens is 224 g/mol. The van der Waals surface area contributed by atoms with Crippen LogP contribution >= 0.6 is 0 Å². The maximum absolute atomic E-state index is 11.5. The number of ether oxygens (including phenoxy) is 1. The van der Waals surface area contributed by atoms with Crippen molar-refractivity contribution >= 4 is 12.1 Å². The molecule has 2 atom stereocenters. The summed E-state index contributed by atoms with van der Waals surface area (Å²) in [5, 5.41) is 11.6. The summed E-state index contributed by atoms with van der Waals surface area (Å²) in [4.78, 5) is 24.4. The van der Waals surface area contributed by atoms with E-state index < -0.39 is 29.6 Å². The molecule has 17 heavy (non-hydrogen) atoms. The highest BCUT2D eigenvalue weighted by atomic mass is 16.6. The molecule has 0 aromatic carbocycles. The zero-order valence-electron chi connectivity index (χ0n) is 10.7. The van der Waals surface area contributed by atoms with E-state index in [9.17, 15) is 9.59 Å². The van der Waals surface area contributed by atoms with Crippen LogP contribution in [0.3, 0.4) is 0 Å². The highest BCUT2D eigenvalue weighted by Crippen LogP contribution is 2.16. The summed E-state index contributed by atoms with van der Waals surface area (Å²) in [7, 11) is 1.83. The number of hydrogen-bond acceptors (Lipinski definition) is 4. The molecule has 0 bridgehead atoms. The number of carbonyl (C=O) groups is 2. The molecule has 1 aliphatic heterocycles. The van der Waals surface area contributed by atoms with Crippen LogP contribution in [-0.4, -0.2) is 53.8 Å². The lowest BCUT2D eigenvalue weighted by molar-refractivity contribution is -0.141. The van der Waals surface area contributed by atoms with Gasteiger partial charge in [0, 0.05) is 13.1 Å². The van der Waals surface area contributed by atoms with Crippen LogP contribution in [0, 0.1) is 5.92 Å². The average molecular weight is 244 g/mol. The van der Waals surface area contributed by atoms with Crippen LogP contribution in [0.15, 0.2) is 0 Å². The van der Waals surface area contributed by atoms with Crippen LogP contribution in [0.25, 0.3) is 0 Å². The fourth-order valence-electron chi connectivity index (χ4n) is 1.86. The average Bonchev–Trinajstić information content (AvgIpc) is 2.42. The Morgan fingerprint density at radius 2 is 1.94 bits per heavy atom. The first kappa shape index (κ1) is 13.8. The van der Waals surface area contributed by atoms with Gasteiger partial charge < -0.3 is 20.1 Å². The predicted molar refractivity (Wildman–Crippen MR) is 61.8 cm³/mol. The summed E-state index contributed by atoms with van der Waals surface area (Å²) >= 11 is 0. The second kappa shape index (κ2) is 4.91. The molecule has 1 fully saturated rings. The van der Waals surface area contributed by atoms with E-state index >= 15 is 0 Å². The molecule has 0 spiro atoms. The lowest BCUT2D eigenvalue weighted by Gasteiger charge is -2.22. The van der Waals surface area contributed by atoms with Crippen molar-refractivity contribution in [3.8, 4) is 0 Å². The third kappa shape index (κ3) is 4.22. The first-order valence-corrected chi connectivity index (χ1v) is 5.60. The summed E-state index contributed by atoms with van der Waals surface area (Å²) in [6, 6.07) is -0.396. The van der Waals surface area contributed by atoms with Crippen molar-refractivity contribution in [1.82, 2.24) is 10.2 Å². The fourth-order valence-corrected chi connectivity index (χ4v) is 1.86. The zero-order chi connectivity index (χ0) is 13.2. The number of nitrogens with one attached hydrogen (secondary N) is 1. The number of amides is 1. The van der Waals surface area contributed by atoms with Gasteiger partial charge in [-0.2, -0.15) is 0 Å². The Bertz CT molecular complexity index is 311. The van der Waals surface area contributed by atoms with Gasteiger partial charge in [-0.3, -0.25) is 4.79 Å². The van der Waals surface area contributed by atoms with Gasteiger partial charge in [0.05, 0.1) is 12.0 Å². The van der Waals surface area contributed by atoms with Gasteiger partial charge in [-0.25, -0.2) is 4.79 Å². The minimum Gasteiger partial charge on any atom is -0.481 e. The van der Waals surface area contributed by atoms with E-state index in [1.165, 1.54) is 0 Å². The highest BCUT2D eigenvalue weighted by Gasteiger charge is 2.37. The number of carboxylic acids is 1. The molecule has 1 amide bonds. The molecule has 0 unspecified atom stereocenters. The fraction of sp³-hybridized carbons (Fsp3) is 0.818. The molecule has 1 aliphatic rings. The summed E-state index contributed by atoms with van der Waals surface area (Å²) in [5.41, 5.74) is -0.576. The summed E-state index contributed by atoms with van der Waals surface area (Å²) < 4.78 is 5.10. The quantitative estimate of drug-likeness (QED) is 0.740. The third-order valence-electron chi connectivity index (χ3n) is 2.52. The van der Waals surface area contributed by atoms with Crippen molar-refractivity contribution in [3.05, 3.63) is 0 Å². The van der Waals surface area contributed by atoms with Crippen LogP contribution in [-0.2, 0) is 9.53 Å². The van der Waals surface area contributed by atoms with E-state index in [4.69, 9.17) is 9.84 Å². The first-order chi connectivity index (χ1) is 7.69. The van der Waals surface area contributed by atoms with Crippen molar-refractivity contribution in [2.24, 2.45) is 5.92 Å². The van der Waals surface area contributed by atoms with Crippen LogP contribution in [0.4, 0.5) is 4.79 Å². The first-order valence-electron chi connectivity index (χ1n) is 5.60. The Balaban J connectivity index is 2.55. The van der Waals surface area contributed by atoms with Gasteiger partial charge in [-0.1, -0.05) is 0 Å². The number of aliphatic carboxylic acids is 1. The van der Waals surface area contributed by atoms with Gasteiger partial charge >= 0.3 is 12.1 Å². The second-order valence-corrected chi connectivity index (χ2v) is 5.42. The molecule has 1 rings (SSSR count). The van der Waals surface area contributed by atoms with Crippen molar-refractivity contribution in [2.75, 3.05) is 20.1 Å². The lowest BCUT2D eigenvalue weighted by atomic mass is 10.0. The highest BCUT2D eigenvalue weighted by molar-refractivity contribution is 5.74. The van der Waals surface area contributed by atoms with Gasteiger partial charge in [-0.15, -0.1) is 0 Å². The molecule has 98 valence electrons. The summed E-state index contributed by atoms with van der Waals surface area (Å²) in [5.74, 6) is -1.47. The largest absolute Gasteiger partial charge is 0.481 e. The standard InChI is InChI=1S/C11H20N2O4/c1-11(2,3)17-10(16)12-8-6-13(4)5-7(8)9(14)15/h7-8H,5-6H2,1-4H3,(H,12,16)(H,14,15)/t7-,8-/m1/s1. The van der Waals surface area contributed by atoms with Gasteiger partial charge in [0.1, 0.15) is 5.60 Å². The molecule has 6 nitrogen and oxygen atoms in total. The number of carbonyl (C=O) groups excluding carboxylic acids is 1. The number of hydrogen-bond donors (Lipinski definition) is 2. The van der Waals surface area contributed by atoms with Crippen molar-refractivity contribution < 1.29 is 19.4 Å². The van der Waals surface area contributed by atoms with E-state index in [2.05, 4.69) is 5.32 Å². The molecule has 0 aromatic heterocycles. The van der Waals surface area contributed by atoms with Gasteiger partial charge in [0.15, 0.2) is 0 Å². The maximum atomic E-state index is 11.5. The maximum Gasteiger partial charge on any atom is 0.407 e. The third-order valence-corrected chi connectivity index (χ3v) is 2.52. The second-order valence-electron chi connectivity index (χ2n) is 5.42. The Hall–Kier alpha value is -1.30. The smallest absolute Gasteiger partial charge is 0.407 e. The number of likely N-dealkylation sites (N-methyl/N-ethyl adjacent to an activating group) is 1. The molecule has 0 saturated carbocycles. The Morgan fingerprint density at radius 3 is 2.41 bits per heavy atom. The number of alkyl carbamates (subject to hydrolysis) is 1. The Kier molecular flexibility index (Phi) is 3.98. The van der Waals surface area contributed by atoms with E-state index in [0.29, 0.717) is 13.1 Å². The SMILES string of the molecule is CN1C[C@@H](NC(=O)OC(C)(C)C)[C@H](C(=O)O)C1. The zero-order valence-corrected chi connectivity index (χ0v) is 10.7.